The number of rotatable bonds is 2. The molecule has 0 spiro atoms. The number of aryl methyl sites for hydroxylation is 2. The van der Waals surface area contributed by atoms with Gasteiger partial charge in [-0.25, -0.2) is 4.98 Å². The van der Waals surface area contributed by atoms with Crippen LogP contribution in [0.1, 0.15) is 20.9 Å². The molecule has 1 amide bonds. The van der Waals surface area contributed by atoms with Gasteiger partial charge in [-0.3, -0.25) is 4.79 Å². The maximum absolute atomic E-state index is 12.0. The molecule has 3 nitrogen and oxygen atoms in total. The van der Waals surface area contributed by atoms with Gasteiger partial charge >= 0.3 is 0 Å². The molecule has 0 saturated carbocycles. The van der Waals surface area contributed by atoms with Gasteiger partial charge in [0.05, 0.1) is 10.7 Å². The predicted molar refractivity (Wildman–Crippen MR) is 78.7 cm³/mol. The van der Waals surface area contributed by atoms with Crippen molar-refractivity contribution in [3.05, 3.63) is 43.1 Å². The van der Waals surface area contributed by atoms with E-state index in [1.54, 1.807) is 6.07 Å². The zero-order valence-corrected chi connectivity index (χ0v) is 12.9. The van der Waals surface area contributed by atoms with Crippen LogP contribution in [0.15, 0.2) is 22.0 Å². The van der Waals surface area contributed by atoms with Crippen LogP contribution in [0.3, 0.4) is 0 Å². The number of aromatic nitrogens is 1. The average Bonchev–Trinajstić information content (AvgIpc) is 2.65. The van der Waals surface area contributed by atoms with Crippen LogP contribution >= 0.6 is 38.9 Å². The molecular formula is C12H10BrClN2OS. The molecule has 0 aliphatic heterocycles. The van der Waals surface area contributed by atoms with E-state index in [0.717, 1.165) is 15.7 Å². The third-order valence-electron chi connectivity index (χ3n) is 2.37. The summed E-state index contributed by atoms with van der Waals surface area (Å²) >= 11 is 10.7. The summed E-state index contributed by atoms with van der Waals surface area (Å²) in [6.45, 7) is 3.74. The predicted octanol–water partition coefficient (Wildman–Crippen LogP) is 4.43. The van der Waals surface area contributed by atoms with Crippen molar-refractivity contribution >= 4 is 50.6 Å². The van der Waals surface area contributed by atoms with Crippen LogP contribution in [0.25, 0.3) is 0 Å². The highest BCUT2D eigenvalue weighted by atomic mass is 79.9. The summed E-state index contributed by atoms with van der Waals surface area (Å²) < 4.78 is 0.908. The van der Waals surface area contributed by atoms with Crippen LogP contribution in [0.5, 0.6) is 0 Å². The lowest BCUT2D eigenvalue weighted by Crippen LogP contribution is -2.12. The minimum absolute atomic E-state index is 0.229. The normalized spacial score (nSPS) is 10.4. The van der Waals surface area contributed by atoms with Crippen molar-refractivity contribution < 1.29 is 4.79 Å². The summed E-state index contributed by atoms with van der Waals surface area (Å²) in [5.74, 6) is 0.287. The van der Waals surface area contributed by atoms with Gasteiger partial charge in [0.15, 0.2) is 0 Å². The number of thiophene rings is 1. The highest BCUT2D eigenvalue weighted by Gasteiger charge is 2.15. The summed E-state index contributed by atoms with van der Waals surface area (Å²) in [6.07, 6.45) is 0. The molecule has 2 rings (SSSR count). The van der Waals surface area contributed by atoms with Gasteiger partial charge in [0.2, 0.25) is 0 Å². The van der Waals surface area contributed by atoms with E-state index in [0.29, 0.717) is 15.7 Å². The summed E-state index contributed by atoms with van der Waals surface area (Å²) in [7, 11) is 0. The van der Waals surface area contributed by atoms with Crippen molar-refractivity contribution in [2.24, 2.45) is 0 Å². The van der Waals surface area contributed by atoms with Gasteiger partial charge in [-0.05, 0) is 52.9 Å². The highest BCUT2D eigenvalue weighted by Crippen LogP contribution is 2.27. The highest BCUT2D eigenvalue weighted by molar-refractivity contribution is 9.10. The molecule has 0 unspecified atom stereocenters. The molecule has 6 heteroatoms. The number of carbonyl (C=O) groups is 1. The smallest absolute Gasteiger partial charge is 0.268 e. The number of nitrogens with zero attached hydrogens (tertiary/aromatic N) is 1. The molecule has 0 radical (unpaired) electrons. The zero-order chi connectivity index (χ0) is 13.3. The maximum atomic E-state index is 12.0. The zero-order valence-electron chi connectivity index (χ0n) is 9.75. The Morgan fingerprint density at radius 2 is 2.17 bits per heavy atom. The molecule has 2 aromatic heterocycles. The lowest BCUT2D eigenvalue weighted by Gasteiger charge is -2.05. The fourth-order valence-corrected chi connectivity index (χ4v) is 2.76. The number of anilines is 1. The Hall–Kier alpha value is -0.910. The second kappa shape index (κ2) is 5.38. The number of carbonyl (C=O) groups excluding carboxylic acids is 1. The first kappa shape index (κ1) is 13.5. The summed E-state index contributed by atoms with van der Waals surface area (Å²) in [6, 6.07) is 3.59. The fraction of sp³-hybridized carbons (Fsp3) is 0.167. The summed E-state index contributed by atoms with van der Waals surface area (Å²) in [5.41, 5.74) is 1.73. The second-order valence-electron chi connectivity index (χ2n) is 3.78. The number of hydrogen-bond acceptors (Lipinski definition) is 3. The average molecular weight is 346 g/mol. The third kappa shape index (κ3) is 2.74. The molecule has 18 heavy (non-hydrogen) atoms. The number of nitrogens with one attached hydrogen (secondary N) is 1. The Labute approximate surface area is 122 Å². The molecule has 1 N–H and O–H groups in total. The van der Waals surface area contributed by atoms with Crippen LogP contribution in [0.4, 0.5) is 5.82 Å². The Morgan fingerprint density at radius 1 is 1.44 bits per heavy atom. The minimum atomic E-state index is -0.229. The first-order valence-corrected chi connectivity index (χ1v) is 7.22. The monoisotopic (exact) mass is 344 g/mol. The minimum Gasteiger partial charge on any atom is -0.306 e. The Bertz CT molecular complexity index is 612. The van der Waals surface area contributed by atoms with Crippen molar-refractivity contribution in [2.45, 2.75) is 13.8 Å². The number of pyridine rings is 1. The molecule has 0 atom stereocenters. The van der Waals surface area contributed by atoms with Crippen LogP contribution in [0.2, 0.25) is 5.02 Å². The first-order valence-electron chi connectivity index (χ1n) is 5.17. The largest absolute Gasteiger partial charge is 0.306 e. The van der Waals surface area contributed by atoms with Crippen LogP contribution in [-0.2, 0) is 0 Å². The first-order chi connectivity index (χ1) is 8.49. The molecule has 0 fully saturated rings. The number of amides is 1. The van der Waals surface area contributed by atoms with Gasteiger partial charge in [-0.1, -0.05) is 11.6 Å². The van der Waals surface area contributed by atoms with Gasteiger partial charge in [0, 0.05) is 4.47 Å². The lowest BCUT2D eigenvalue weighted by molar-refractivity contribution is 0.103. The summed E-state index contributed by atoms with van der Waals surface area (Å²) in [5, 5.41) is 5.10. The van der Waals surface area contributed by atoms with Gasteiger partial charge in [-0.2, -0.15) is 0 Å². The molecule has 0 saturated heterocycles. The van der Waals surface area contributed by atoms with Crippen molar-refractivity contribution in [2.75, 3.05) is 5.32 Å². The SMILES string of the molecule is Cc1csc(C(=O)Nc2ccc(Br)c(C)n2)c1Cl. The van der Waals surface area contributed by atoms with Crippen molar-refractivity contribution in [3.63, 3.8) is 0 Å². The molecular weight excluding hydrogens is 336 g/mol. The van der Waals surface area contributed by atoms with Gasteiger partial charge in [0.25, 0.3) is 5.91 Å². The number of halogens is 2. The van der Waals surface area contributed by atoms with Gasteiger partial charge in [-0.15, -0.1) is 11.3 Å². The van der Waals surface area contributed by atoms with Crippen molar-refractivity contribution in [1.29, 1.82) is 0 Å². The molecule has 2 heterocycles. The van der Waals surface area contributed by atoms with E-state index in [1.807, 2.05) is 25.3 Å². The molecule has 2 aromatic rings. The van der Waals surface area contributed by atoms with E-state index in [-0.39, 0.29) is 5.91 Å². The van der Waals surface area contributed by atoms with E-state index in [9.17, 15) is 4.79 Å². The van der Waals surface area contributed by atoms with E-state index < -0.39 is 0 Å². The molecule has 0 aromatic carbocycles. The van der Waals surface area contributed by atoms with Crippen LogP contribution in [-0.4, -0.2) is 10.9 Å². The Morgan fingerprint density at radius 3 is 2.72 bits per heavy atom. The van der Waals surface area contributed by atoms with Crippen molar-refractivity contribution in [3.8, 4) is 0 Å². The topological polar surface area (TPSA) is 42.0 Å². The molecule has 0 aliphatic rings. The van der Waals surface area contributed by atoms with E-state index in [1.165, 1.54) is 11.3 Å². The van der Waals surface area contributed by atoms with Crippen molar-refractivity contribution in [1.82, 2.24) is 4.98 Å². The summed E-state index contributed by atoms with van der Waals surface area (Å²) in [4.78, 5) is 16.8. The van der Waals surface area contributed by atoms with E-state index >= 15 is 0 Å². The van der Waals surface area contributed by atoms with E-state index in [4.69, 9.17) is 11.6 Å². The van der Waals surface area contributed by atoms with E-state index in [2.05, 4.69) is 26.2 Å². The van der Waals surface area contributed by atoms with Crippen LogP contribution in [0, 0.1) is 13.8 Å². The molecule has 94 valence electrons. The molecule has 0 bridgehead atoms. The third-order valence-corrected chi connectivity index (χ3v) is 4.90. The van der Waals surface area contributed by atoms with Gasteiger partial charge in [0.1, 0.15) is 10.7 Å². The second-order valence-corrected chi connectivity index (χ2v) is 5.89. The Kier molecular flexibility index (Phi) is 4.04. The standard InChI is InChI=1S/C12H10BrClN2OS/c1-6-5-18-11(10(6)14)12(17)16-9-4-3-8(13)7(2)15-9/h3-5H,1-2H3,(H,15,16,17). The Balaban J connectivity index is 2.21. The number of hydrogen-bond donors (Lipinski definition) is 1. The lowest BCUT2D eigenvalue weighted by atomic mass is 10.3. The van der Waals surface area contributed by atoms with Crippen LogP contribution < -0.4 is 5.32 Å². The maximum Gasteiger partial charge on any atom is 0.268 e. The fourth-order valence-electron chi connectivity index (χ4n) is 1.37. The molecule has 0 aliphatic carbocycles. The quantitative estimate of drug-likeness (QED) is 0.875. The van der Waals surface area contributed by atoms with Gasteiger partial charge < -0.3 is 5.32 Å².